The summed E-state index contributed by atoms with van der Waals surface area (Å²) in [6.07, 6.45) is 3.66. The lowest BCUT2D eigenvalue weighted by Crippen LogP contribution is -2.40. The van der Waals surface area contributed by atoms with Crippen LogP contribution in [0.3, 0.4) is 0 Å². The Labute approximate surface area is 146 Å². The predicted octanol–water partition coefficient (Wildman–Crippen LogP) is 2.35. The third-order valence-electron chi connectivity index (χ3n) is 3.23. The third-order valence-corrected chi connectivity index (χ3v) is 3.23. The van der Waals surface area contributed by atoms with E-state index in [2.05, 4.69) is 29.2 Å². The van der Waals surface area contributed by atoms with Gasteiger partial charge >= 0.3 is 0 Å². The van der Waals surface area contributed by atoms with Gasteiger partial charge in [-0.1, -0.05) is 0 Å². The molecule has 1 saturated carbocycles. The number of guanidine groups is 1. The molecule has 0 unspecified atom stereocenters. The van der Waals surface area contributed by atoms with E-state index in [4.69, 9.17) is 9.47 Å². The van der Waals surface area contributed by atoms with Gasteiger partial charge < -0.3 is 19.7 Å². The average molecular weight is 413 g/mol. The quantitative estimate of drug-likeness (QED) is 0.245. The molecule has 0 atom stereocenters. The van der Waals surface area contributed by atoms with Gasteiger partial charge in [-0.15, -0.1) is 24.0 Å². The molecule has 6 heteroatoms. The van der Waals surface area contributed by atoms with E-state index >= 15 is 0 Å². The fraction of sp³-hybridized carbons (Fsp3) is 0.933. The molecule has 5 nitrogen and oxygen atoms in total. The Balaban J connectivity index is 0.00000400. The average Bonchev–Trinajstić information content (AvgIpc) is 3.26. The maximum atomic E-state index is 5.67. The minimum Gasteiger partial charge on any atom is -0.382 e. The Hall–Kier alpha value is -0.0800. The van der Waals surface area contributed by atoms with Gasteiger partial charge in [-0.05, 0) is 39.0 Å². The molecular formula is C15H32IN3O2. The maximum Gasteiger partial charge on any atom is 0.193 e. The molecule has 0 amide bonds. The van der Waals surface area contributed by atoms with Gasteiger partial charge in [0.2, 0.25) is 0 Å². The van der Waals surface area contributed by atoms with Gasteiger partial charge in [0, 0.05) is 46.5 Å². The lowest BCUT2D eigenvalue weighted by atomic mass is 10.4. The summed E-state index contributed by atoms with van der Waals surface area (Å²) >= 11 is 0. The van der Waals surface area contributed by atoms with Crippen LogP contribution in [-0.2, 0) is 9.47 Å². The number of rotatable bonds is 11. The summed E-state index contributed by atoms with van der Waals surface area (Å²) in [5.41, 5.74) is 0. The highest BCUT2D eigenvalue weighted by Gasteiger charge is 2.21. The summed E-state index contributed by atoms with van der Waals surface area (Å²) in [5.74, 6) is 1.79. The minimum absolute atomic E-state index is 0. The Morgan fingerprint density at radius 1 is 1.24 bits per heavy atom. The highest BCUT2D eigenvalue weighted by molar-refractivity contribution is 14.0. The van der Waals surface area contributed by atoms with Crippen molar-refractivity contribution in [1.82, 2.24) is 10.2 Å². The predicted molar refractivity (Wildman–Crippen MR) is 98.7 cm³/mol. The highest BCUT2D eigenvalue weighted by Crippen LogP contribution is 2.28. The van der Waals surface area contributed by atoms with Crippen LogP contribution < -0.4 is 5.32 Å². The summed E-state index contributed by atoms with van der Waals surface area (Å²) < 4.78 is 11.0. The monoisotopic (exact) mass is 413 g/mol. The molecule has 21 heavy (non-hydrogen) atoms. The maximum absolute atomic E-state index is 5.67. The van der Waals surface area contributed by atoms with Crippen molar-refractivity contribution in [2.24, 2.45) is 10.9 Å². The Morgan fingerprint density at radius 3 is 2.62 bits per heavy atom. The molecule has 0 aromatic carbocycles. The van der Waals surface area contributed by atoms with Gasteiger partial charge in [-0.2, -0.15) is 0 Å². The van der Waals surface area contributed by atoms with E-state index < -0.39 is 0 Å². The largest absolute Gasteiger partial charge is 0.382 e. The van der Waals surface area contributed by atoms with Gasteiger partial charge in [-0.3, -0.25) is 4.99 Å². The van der Waals surface area contributed by atoms with Crippen LogP contribution in [0.4, 0.5) is 0 Å². The smallest absolute Gasteiger partial charge is 0.193 e. The van der Waals surface area contributed by atoms with E-state index in [0.29, 0.717) is 0 Å². The van der Waals surface area contributed by atoms with E-state index in [0.717, 1.165) is 64.4 Å². The van der Waals surface area contributed by atoms with Crippen molar-refractivity contribution < 1.29 is 9.47 Å². The summed E-state index contributed by atoms with van der Waals surface area (Å²) in [4.78, 5) is 6.74. The molecule has 0 aromatic heterocycles. The molecule has 126 valence electrons. The van der Waals surface area contributed by atoms with Crippen molar-refractivity contribution in [2.75, 3.05) is 53.1 Å². The molecular weight excluding hydrogens is 381 g/mol. The topological polar surface area (TPSA) is 46.1 Å². The zero-order chi connectivity index (χ0) is 14.6. The molecule has 0 aliphatic heterocycles. The molecule has 1 rings (SSSR count). The number of ether oxygens (including phenoxy) is 2. The second-order valence-corrected chi connectivity index (χ2v) is 5.23. The summed E-state index contributed by atoms with van der Waals surface area (Å²) in [6.45, 7) is 9.94. The van der Waals surface area contributed by atoms with Gasteiger partial charge in [-0.25, -0.2) is 0 Å². The van der Waals surface area contributed by atoms with E-state index in [-0.39, 0.29) is 24.0 Å². The molecule has 0 heterocycles. The second kappa shape index (κ2) is 13.6. The van der Waals surface area contributed by atoms with Gasteiger partial charge in [0.25, 0.3) is 0 Å². The highest BCUT2D eigenvalue weighted by atomic mass is 127. The number of likely N-dealkylation sites (N-methyl/N-ethyl adjacent to an activating group) is 1. The van der Waals surface area contributed by atoms with Crippen LogP contribution in [0.2, 0.25) is 0 Å². The first-order chi connectivity index (χ1) is 9.77. The molecule has 1 aliphatic carbocycles. The van der Waals surface area contributed by atoms with Gasteiger partial charge in [0.1, 0.15) is 0 Å². The van der Waals surface area contributed by atoms with Crippen LogP contribution in [0.25, 0.3) is 0 Å². The Kier molecular flexibility index (Phi) is 13.5. The fourth-order valence-electron chi connectivity index (χ4n) is 1.81. The zero-order valence-corrected chi connectivity index (χ0v) is 16.1. The normalized spacial score (nSPS) is 14.7. The Morgan fingerprint density at radius 2 is 2.00 bits per heavy atom. The van der Waals surface area contributed by atoms with Crippen molar-refractivity contribution in [3.05, 3.63) is 0 Å². The van der Waals surface area contributed by atoms with Crippen molar-refractivity contribution in [2.45, 2.75) is 33.1 Å². The van der Waals surface area contributed by atoms with Crippen LogP contribution in [0.1, 0.15) is 33.1 Å². The zero-order valence-electron chi connectivity index (χ0n) is 13.8. The first-order valence-electron chi connectivity index (χ1n) is 7.92. The molecule has 1 N–H and O–H groups in total. The lowest BCUT2D eigenvalue weighted by Gasteiger charge is -2.22. The van der Waals surface area contributed by atoms with E-state index in [1.165, 1.54) is 12.8 Å². The van der Waals surface area contributed by atoms with Crippen LogP contribution in [-0.4, -0.2) is 64.0 Å². The third kappa shape index (κ3) is 11.2. The van der Waals surface area contributed by atoms with E-state index in [1.54, 1.807) is 0 Å². The van der Waals surface area contributed by atoms with Crippen molar-refractivity contribution in [1.29, 1.82) is 0 Å². The number of aliphatic imine (C=N–C) groups is 1. The standard InChI is InChI=1S/C15H31N3O2.HI/c1-4-16-15(17-9-6-11-19-5-2)18(3)10-12-20-13-14-7-8-14;/h14H,4-13H2,1-3H3,(H,16,17);1H. The molecule has 0 spiro atoms. The van der Waals surface area contributed by atoms with Gasteiger partial charge in [0.15, 0.2) is 5.96 Å². The number of hydrogen-bond donors (Lipinski definition) is 1. The first kappa shape index (κ1) is 20.9. The van der Waals surface area contributed by atoms with Crippen LogP contribution in [0, 0.1) is 5.92 Å². The van der Waals surface area contributed by atoms with Crippen molar-refractivity contribution in [3.63, 3.8) is 0 Å². The number of hydrogen-bond acceptors (Lipinski definition) is 3. The number of halogens is 1. The SMILES string of the molecule is CCNC(=NCCCOCC)N(C)CCOCC1CC1.I. The molecule has 0 aromatic rings. The van der Waals surface area contributed by atoms with Crippen molar-refractivity contribution in [3.8, 4) is 0 Å². The molecule has 1 fully saturated rings. The molecule has 0 bridgehead atoms. The molecule has 1 aliphatic rings. The van der Waals surface area contributed by atoms with Crippen molar-refractivity contribution >= 4 is 29.9 Å². The second-order valence-electron chi connectivity index (χ2n) is 5.23. The van der Waals surface area contributed by atoms with E-state index in [1.807, 2.05) is 6.92 Å². The Bertz CT molecular complexity index is 274. The lowest BCUT2D eigenvalue weighted by molar-refractivity contribution is 0.115. The van der Waals surface area contributed by atoms with Crippen LogP contribution >= 0.6 is 24.0 Å². The fourth-order valence-corrected chi connectivity index (χ4v) is 1.81. The first-order valence-corrected chi connectivity index (χ1v) is 7.92. The number of nitrogens with zero attached hydrogens (tertiary/aromatic N) is 2. The number of nitrogens with one attached hydrogen (secondary N) is 1. The molecule has 0 saturated heterocycles. The minimum atomic E-state index is 0. The summed E-state index contributed by atoms with van der Waals surface area (Å²) in [5, 5.41) is 3.31. The van der Waals surface area contributed by atoms with Gasteiger partial charge in [0.05, 0.1) is 6.61 Å². The molecule has 0 radical (unpaired) electrons. The summed E-state index contributed by atoms with van der Waals surface area (Å²) in [6, 6.07) is 0. The van der Waals surface area contributed by atoms with Crippen LogP contribution in [0.5, 0.6) is 0 Å². The summed E-state index contributed by atoms with van der Waals surface area (Å²) in [7, 11) is 2.06. The van der Waals surface area contributed by atoms with E-state index in [9.17, 15) is 0 Å². The van der Waals surface area contributed by atoms with Crippen LogP contribution in [0.15, 0.2) is 4.99 Å².